The molecular formula is C38H66N5O13P. The number of rotatable bonds is 31. The van der Waals surface area contributed by atoms with Crippen LogP contribution in [0.1, 0.15) is 45.1 Å². The fraction of sp³-hybridized carbons (Fsp3) is 0.737. The second-order valence-electron chi connectivity index (χ2n) is 13.9. The quantitative estimate of drug-likeness (QED) is 0.0527. The smallest absolute Gasteiger partial charge is 0.330 e. The summed E-state index contributed by atoms with van der Waals surface area (Å²) in [5, 5.41) is 11.4. The highest BCUT2D eigenvalue weighted by Crippen LogP contribution is 2.50. The van der Waals surface area contributed by atoms with Crippen molar-refractivity contribution in [2.24, 2.45) is 5.92 Å². The number of benzene rings is 1. The first-order chi connectivity index (χ1) is 27.4. The molecule has 19 heteroatoms. The maximum absolute atomic E-state index is 13.8. The van der Waals surface area contributed by atoms with Crippen LogP contribution in [0.2, 0.25) is 0 Å². The molecule has 0 bridgehead atoms. The van der Waals surface area contributed by atoms with E-state index < -0.39 is 37.0 Å². The summed E-state index contributed by atoms with van der Waals surface area (Å²) in [6.07, 6.45) is 1.85. The Balaban J connectivity index is 2.16. The van der Waals surface area contributed by atoms with Gasteiger partial charge in [0.15, 0.2) is 0 Å². The van der Waals surface area contributed by atoms with E-state index in [4.69, 9.17) is 32.9 Å². The summed E-state index contributed by atoms with van der Waals surface area (Å²) in [6, 6.07) is 6.10. The summed E-state index contributed by atoms with van der Waals surface area (Å²) in [5.41, 5.74) is 0.791. The maximum Gasteiger partial charge on any atom is 0.330 e. The fourth-order valence-electron chi connectivity index (χ4n) is 5.72. The van der Waals surface area contributed by atoms with Crippen molar-refractivity contribution in [1.29, 1.82) is 0 Å². The zero-order valence-corrected chi connectivity index (χ0v) is 35.2. The van der Waals surface area contributed by atoms with E-state index in [0.717, 1.165) is 5.56 Å². The third-order valence-electron chi connectivity index (χ3n) is 9.06. The minimum Gasteiger partial charge on any atom is -0.382 e. The number of hydrogen-bond acceptors (Lipinski definition) is 13. The number of nitrogens with zero attached hydrogens (tertiary/aromatic N) is 1. The molecule has 1 aliphatic carbocycles. The van der Waals surface area contributed by atoms with Crippen LogP contribution in [-0.4, -0.2) is 165 Å². The first kappa shape index (κ1) is 50.1. The molecule has 0 saturated heterocycles. The van der Waals surface area contributed by atoms with E-state index in [2.05, 4.69) is 21.3 Å². The minimum atomic E-state index is -3.70. The highest BCUT2D eigenvalue weighted by molar-refractivity contribution is 7.53. The molecule has 18 nitrogen and oxygen atoms in total. The molecular weight excluding hydrogens is 765 g/mol. The molecule has 2 unspecified atom stereocenters. The van der Waals surface area contributed by atoms with Crippen molar-refractivity contribution in [3.8, 4) is 0 Å². The van der Waals surface area contributed by atoms with E-state index in [-0.39, 0.29) is 76.9 Å². The van der Waals surface area contributed by atoms with Gasteiger partial charge in [0.2, 0.25) is 23.6 Å². The van der Waals surface area contributed by atoms with Crippen LogP contribution in [0.3, 0.4) is 0 Å². The van der Waals surface area contributed by atoms with Crippen LogP contribution in [0.5, 0.6) is 0 Å². The Labute approximate surface area is 337 Å². The molecule has 0 aliphatic heterocycles. The molecule has 0 heterocycles. The van der Waals surface area contributed by atoms with Gasteiger partial charge in [0.05, 0.1) is 90.4 Å². The van der Waals surface area contributed by atoms with E-state index in [9.17, 15) is 28.6 Å². The Morgan fingerprint density at radius 1 is 0.719 bits per heavy atom. The van der Waals surface area contributed by atoms with E-state index in [1.54, 1.807) is 59.4 Å². The Bertz CT molecular complexity index is 1320. The van der Waals surface area contributed by atoms with Gasteiger partial charge in [0, 0.05) is 52.6 Å². The fourth-order valence-corrected chi connectivity index (χ4v) is 6.61. The van der Waals surface area contributed by atoms with Gasteiger partial charge in [0.25, 0.3) is 0 Å². The molecule has 1 saturated carbocycles. The molecule has 4 amide bonds. The summed E-state index contributed by atoms with van der Waals surface area (Å²) in [4.78, 5) is 64.9. The van der Waals surface area contributed by atoms with Crippen LogP contribution < -0.4 is 21.3 Å². The van der Waals surface area contributed by atoms with Crippen molar-refractivity contribution in [3.63, 3.8) is 0 Å². The molecule has 1 fully saturated rings. The molecule has 1 aromatic carbocycles. The molecule has 0 aromatic heterocycles. The van der Waals surface area contributed by atoms with Crippen molar-refractivity contribution in [3.05, 3.63) is 29.8 Å². The van der Waals surface area contributed by atoms with Crippen molar-refractivity contribution in [1.82, 2.24) is 20.9 Å². The standard InChI is InChI=1S/C38H66N5O13P/c1-29(2)57(48,49)56-33-12-8-31(9-13-33)37(46)42-32-10-6-30(7-11-32)26-34(38(47)41-16-19-55-25-22-52-5)43(27-35(44)39-14-17-53-23-20-50-3)28-36(45)40-15-18-54-24-21-51-4/h6-7,10-11,29,31,33-34H,8-9,12-28H2,1-5H3,(H,39,44)(H,40,45)(H,41,47)(H,42,46)(H,48,49). The van der Waals surface area contributed by atoms with Crippen molar-refractivity contribution in [2.75, 3.05) is 119 Å². The molecule has 1 aliphatic rings. The molecule has 57 heavy (non-hydrogen) atoms. The van der Waals surface area contributed by atoms with Gasteiger partial charge in [0.1, 0.15) is 0 Å². The normalized spacial score (nSPS) is 17.2. The monoisotopic (exact) mass is 831 g/mol. The van der Waals surface area contributed by atoms with Crippen LogP contribution >= 0.6 is 7.60 Å². The number of ether oxygens (including phenoxy) is 6. The number of carbonyl (C=O) groups is 4. The Morgan fingerprint density at radius 2 is 1.19 bits per heavy atom. The van der Waals surface area contributed by atoms with E-state index in [1.165, 1.54) is 4.90 Å². The molecule has 1 aromatic rings. The minimum absolute atomic E-state index is 0.139. The lowest BCUT2D eigenvalue weighted by atomic mass is 9.87. The maximum atomic E-state index is 13.8. The van der Waals surface area contributed by atoms with E-state index >= 15 is 0 Å². The van der Waals surface area contributed by atoms with Crippen LogP contribution in [0.15, 0.2) is 24.3 Å². The van der Waals surface area contributed by atoms with Gasteiger partial charge < -0.3 is 59.1 Å². The largest absolute Gasteiger partial charge is 0.382 e. The predicted molar refractivity (Wildman–Crippen MR) is 213 cm³/mol. The predicted octanol–water partition coefficient (Wildman–Crippen LogP) is 1.35. The summed E-state index contributed by atoms with van der Waals surface area (Å²) in [7, 11) is 1.00. The van der Waals surface area contributed by atoms with E-state index in [0.29, 0.717) is 71.0 Å². The molecule has 326 valence electrons. The number of carbonyl (C=O) groups excluding carboxylic acids is 4. The van der Waals surface area contributed by atoms with Gasteiger partial charge >= 0.3 is 7.60 Å². The lowest BCUT2D eigenvalue weighted by Gasteiger charge is -2.30. The lowest BCUT2D eigenvalue weighted by Crippen LogP contribution is -2.54. The van der Waals surface area contributed by atoms with Crippen molar-refractivity contribution >= 4 is 36.9 Å². The third kappa shape index (κ3) is 21.5. The third-order valence-corrected chi connectivity index (χ3v) is 11.0. The first-order valence-electron chi connectivity index (χ1n) is 19.6. The second-order valence-corrected chi connectivity index (χ2v) is 16.2. The zero-order valence-electron chi connectivity index (χ0n) is 34.3. The van der Waals surface area contributed by atoms with Crippen LogP contribution in [0.25, 0.3) is 0 Å². The first-order valence-corrected chi connectivity index (χ1v) is 21.2. The van der Waals surface area contributed by atoms with Gasteiger partial charge in [-0.15, -0.1) is 0 Å². The second kappa shape index (κ2) is 29.2. The average molecular weight is 832 g/mol. The summed E-state index contributed by atoms with van der Waals surface area (Å²) < 4.78 is 49.1. The van der Waals surface area contributed by atoms with Gasteiger partial charge in [-0.2, -0.15) is 0 Å². The summed E-state index contributed by atoms with van der Waals surface area (Å²) in [5.74, 6) is -1.62. The molecule has 2 rings (SSSR count). The lowest BCUT2D eigenvalue weighted by molar-refractivity contribution is -0.131. The number of amides is 4. The van der Waals surface area contributed by atoms with Crippen LogP contribution in [0, 0.1) is 5.92 Å². The highest BCUT2D eigenvalue weighted by Gasteiger charge is 2.34. The van der Waals surface area contributed by atoms with Crippen molar-refractivity contribution in [2.45, 2.75) is 63.8 Å². The van der Waals surface area contributed by atoms with Crippen molar-refractivity contribution < 1.29 is 61.6 Å². The summed E-state index contributed by atoms with van der Waals surface area (Å²) in [6.45, 7) is 6.52. The molecule has 2 atom stereocenters. The zero-order chi connectivity index (χ0) is 41.9. The van der Waals surface area contributed by atoms with Gasteiger partial charge in [-0.25, -0.2) is 0 Å². The van der Waals surface area contributed by atoms with E-state index in [1.807, 2.05) is 0 Å². The number of hydrogen-bond donors (Lipinski definition) is 5. The average Bonchev–Trinajstić information content (AvgIpc) is 3.18. The number of nitrogens with one attached hydrogen (secondary N) is 4. The Kier molecular flexibility index (Phi) is 25.7. The number of methoxy groups -OCH3 is 3. The Hall–Kier alpha value is -3.03. The number of anilines is 1. The van der Waals surface area contributed by atoms with Gasteiger partial charge in [-0.1, -0.05) is 26.0 Å². The Morgan fingerprint density at radius 3 is 1.65 bits per heavy atom. The van der Waals surface area contributed by atoms with Gasteiger partial charge in [-0.05, 0) is 49.8 Å². The van der Waals surface area contributed by atoms with Crippen LogP contribution in [0.4, 0.5) is 5.69 Å². The molecule has 0 spiro atoms. The summed E-state index contributed by atoms with van der Waals surface area (Å²) >= 11 is 0. The SMILES string of the molecule is COCCOCCNC(=O)CN(CC(=O)NCCOCCOC)C(Cc1ccc(NC(=O)C2CCC(OP(=O)(O)C(C)C)CC2)cc1)C(=O)NCCOCCOC. The van der Waals surface area contributed by atoms with Gasteiger partial charge in [-0.3, -0.25) is 28.6 Å². The van der Waals surface area contributed by atoms with Crippen LogP contribution in [-0.2, 0) is 63.1 Å². The molecule has 0 radical (unpaired) electrons. The highest BCUT2D eigenvalue weighted by atomic mass is 31.2. The molecule has 5 N–H and O–H groups in total. The topological polar surface area (TPSA) is 222 Å².